The van der Waals surface area contributed by atoms with Crippen molar-refractivity contribution in [2.45, 2.75) is 12.3 Å². The molecule has 0 bridgehead atoms. The first-order valence-corrected chi connectivity index (χ1v) is 6.17. The van der Waals surface area contributed by atoms with Crippen LogP contribution in [-0.4, -0.2) is 14.9 Å². The highest BCUT2D eigenvalue weighted by Gasteiger charge is 2.20. The van der Waals surface area contributed by atoms with Crippen LogP contribution in [0.2, 0.25) is 0 Å². The highest BCUT2D eigenvalue weighted by Crippen LogP contribution is 2.32. The van der Waals surface area contributed by atoms with E-state index in [-0.39, 0.29) is 0 Å². The molecule has 2 rings (SSSR count). The Morgan fingerprint density at radius 1 is 1.40 bits per heavy atom. The molecule has 0 aromatic rings. The van der Waals surface area contributed by atoms with Crippen LogP contribution in [0, 0.1) is 10.2 Å². The maximum atomic E-state index is 8.60. The van der Waals surface area contributed by atoms with Crippen LogP contribution in [0.1, 0.15) is 6.92 Å². The van der Waals surface area contributed by atoms with E-state index in [9.17, 15) is 0 Å². The van der Waals surface area contributed by atoms with E-state index in [1.165, 1.54) is 5.70 Å². The van der Waals surface area contributed by atoms with Crippen LogP contribution in [0.15, 0.2) is 35.5 Å². The van der Waals surface area contributed by atoms with Gasteiger partial charge in [-0.1, -0.05) is 12.2 Å². The van der Waals surface area contributed by atoms with Crippen LogP contribution in [-0.2, 0) is 0 Å². The van der Waals surface area contributed by atoms with E-state index in [0.29, 0.717) is 5.37 Å². The Morgan fingerprint density at radius 2 is 2.00 bits per heavy atom. The molecule has 0 aromatic carbocycles. The molecular formula is C8H10ClNO4S. The second-order valence-corrected chi connectivity index (χ2v) is 4.60. The lowest BCUT2D eigenvalue weighted by Crippen LogP contribution is -2.58. The molecule has 5 nitrogen and oxygen atoms in total. The fraction of sp³-hybridized carbons (Fsp3) is 0.250. The Morgan fingerprint density at radius 3 is 2.53 bits per heavy atom. The van der Waals surface area contributed by atoms with Gasteiger partial charge in [0, 0.05) is 11.9 Å². The second-order valence-electron chi connectivity index (χ2n) is 2.82. The average Bonchev–Trinajstić information content (AvgIpc) is 2.46. The van der Waals surface area contributed by atoms with Gasteiger partial charge in [-0.2, -0.15) is 14.0 Å². The third kappa shape index (κ3) is 4.70. The summed E-state index contributed by atoms with van der Waals surface area (Å²) in [6.07, 6.45) is 8.49. The van der Waals surface area contributed by atoms with Crippen molar-refractivity contribution in [2.75, 3.05) is 0 Å². The van der Waals surface area contributed by atoms with Gasteiger partial charge in [-0.25, -0.2) is 0 Å². The minimum Gasteiger partial charge on any atom is -0.335 e. The molecule has 2 heterocycles. The summed E-state index contributed by atoms with van der Waals surface area (Å²) >= 11 is 1.86. The van der Waals surface area contributed by atoms with Crippen LogP contribution in [0.3, 0.4) is 0 Å². The number of allylic oxidation sites excluding steroid dienone is 3. The summed E-state index contributed by atoms with van der Waals surface area (Å²) in [5, 5.41) is 2.73. The largest absolute Gasteiger partial charge is 0.335 e. The first-order chi connectivity index (χ1) is 6.88. The van der Waals surface area contributed by atoms with Crippen LogP contribution in [0.5, 0.6) is 0 Å². The van der Waals surface area contributed by atoms with Crippen molar-refractivity contribution in [1.82, 2.24) is 4.90 Å². The summed E-state index contributed by atoms with van der Waals surface area (Å²) in [5.74, 6) is 0. The highest BCUT2D eigenvalue weighted by atomic mass is 35.7. The summed E-state index contributed by atoms with van der Waals surface area (Å²) in [7, 11) is -4.69. The second kappa shape index (κ2) is 5.02. The van der Waals surface area contributed by atoms with Crippen LogP contribution in [0.25, 0.3) is 0 Å². The molecule has 0 radical (unpaired) electrons. The lowest BCUT2D eigenvalue weighted by Gasteiger charge is -2.22. The van der Waals surface area contributed by atoms with Crippen molar-refractivity contribution >= 4 is 11.8 Å². The SMILES string of the molecule is CC1=CSC2C=CC=CN12.[O-][Cl+3]([O-])([O-])O. The summed E-state index contributed by atoms with van der Waals surface area (Å²) in [4.78, 5) is 2.27. The Kier molecular flexibility index (Phi) is 4.21. The van der Waals surface area contributed by atoms with E-state index in [1.54, 1.807) is 0 Å². The topological polar surface area (TPSA) is 92.7 Å². The maximum Gasteiger partial charge on any atom is 0.102 e. The molecule has 2 aliphatic rings. The summed E-state index contributed by atoms with van der Waals surface area (Å²) in [6.45, 7) is 2.14. The third-order valence-corrected chi connectivity index (χ3v) is 2.83. The number of rotatable bonds is 0. The molecule has 0 fully saturated rings. The molecule has 1 N–H and O–H groups in total. The Bertz CT molecular complexity index is 304. The van der Waals surface area contributed by atoms with E-state index in [0.717, 1.165) is 0 Å². The molecule has 7 heteroatoms. The van der Waals surface area contributed by atoms with Crippen LogP contribution in [0.4, 0.5) is 0 Å². The van der Waals surface area contributed by atoms with Gasteiger partial charge in [-0.05, 0) is 18.4 Å². The Hall–Kier alpha value is -0.500. The Labute approximate surface area is 93.7 Å². The van der Waals surface area contributed by atoms with Crippen molar-refractivity contribution in [2.24, 2.45) is 0 Å². The zero-order chi connectivity index (χ0) is 11.5. The zero-order valence-electron chi connectivity index (χ0n) is 7.87. The molecule has 1 unspecified atom stereocenters. The number of thioether (sulfide) groups is 1. The van der Waals surface area contributed by atoms with Gasteiger partial charge in [0.1, 0.15) is 5.37 Å². The van der Waals surface area contributed by atoms with Gasteiger partial charge in [-0.15, -0.1) is 11.8 Å². The van der Waals surface area contributed by atoms with E-state index >= 15 is 0 Å². The number of hydrogen-bond donors (Lipinski definition) is 1. The molecule has 0 saturated carbocycles. The number of fused-ring (bicyclic) bond motifs is 1. The smallest absolute Gasteiger partial charge is 0.102 e. The van der Waals surface area contributed by atoms with Crippen molar-refractivity contribution in [1.29, 1.82) is 0 Å². The van der Waals surface area contributed by atoms with Gasteiger partial charge < -0.3 is 4.90 Å². The summed E-state index contributed by atoms with van der Waals surface area (Å²) in [5.41, 5.74) is 1.34. The molecule has 1 atom stereocenters. The fourth-order valence-electron chi connectivity index (χ4n) is 1.14. The molecule has 84 valence electrons. The Balaban J connectivity index is 0.000000195. The standard InChI is InChI=1S/C8H9NS.ClHO4/c1-7-6-10-8-4-2-3-5-9(7)8;2-1(3,4)5/h2-6,8H,1H3;(H,2,3,4,5). The number of halogens is 1. The van der Waals surface area contributed by atoms with E-state index < -0.39 is 10.2 Å². The minimum absolute atomic E-state index is 0.532. The van der Waals surface area contributed by atoms with Crippen molar-refractivity contribution in [3.63, 3.8) is 0 Å². The molecular weight excluding hydrogens is 242 g/mol. The molecule has 0 aliphatic carbocycles. The number of hydrogen-bond acceptors (Lipinski definition) is 6. The molecule has 0 amide bonds. The van der Waals surface area contributed by atoms with E-state index in [4.69, 9.17) is 18.6 Å². The predicted octanol–water partition coefficient (Wildman–Crippen LogP) is -1.82. The summed E-state index contributed by atoms with van der Waals surface area (Å²) in [6, 6.07) is 0. The lowest BCUT2D eigenvalue weighted by molar-refractivity contribution is -1.92. The monoisotopic (exact) mass is 251 g/mol. The minimum atomic E-state index is -4.69. The molecule has 2 aliphatic heterocycles. The van der Waals surface area contributed by atoms with Crippen LogP contribution < -0.4 is 14.0 Å². The van der Waals surface area contributed by atoms with Gasteiger partial charge in [0.15, 0.2) is 0 Å². The average molecular weight is 252 g/mol. The normalized spacial score (nSPS) is 23.1. The fourth-order valence-corrected chi connectivity index (χ4v) is 2.14. The van der Waals surface area contributed by atoms with E-state index in [1.807, 2.05) is 11.8 Å². The van der Waals surface area contributed by atoms with Crippen molar-refractivity contribution in [3.8, 4) is 0 Å². The van der Waals surface area contributed by atoms with Gasteiger partial charge in [-0.3, -0.25) is 0 Å². The first kappa shape index (κ1) is 12.6. The van der Waals surface area contributed by atoms with Gasteiger partial charge >= 0.3 is 0 Å². The maximum absolute atomic E-state index is 8.60. The number of nitrogens with zero attached hydrogens (tertiary/aromatic N) is 1. The molecule has 0 aromatic heterocycles. The first-order valence-electron chi connectivity index (χ1n) is 3.97. The van der Waals surface area contributed by atoms with Crippen molar-refractivity contribution in [3.05, 3.63) is 35.5 Å². The zero-order valence-corrected chi connectivity index (χ0v) is 9.44. The van der Waals surface area contributed by atoms with Gasteiger partial charge in [0.25, 0.3) is 0 Å². The van der Waals surface area contributed by atoms with E-state index in [2.05, 4.69) is 41.7 Å². The predicted molar refractivity (Wildman–Crippen MR) is 47.5 cm³/mol. The lowest BCUT2D eigenvalue weighted by atomic mass is 10.3. The molecule has 15 heavy (non-hydrogen) atoms. The third-order valence-electron chi connectivity index (χ3n) is 1.69. The van der Waals surface area contributed by atoms with Gasteiger partial charge in [0.2, 0.25) is 0 Å². The highest BCUT2D eigenvalue weighted by molar-refractivity contribution is 8.03. The molecule has 0 saturated heterocycles. The van der Waals surface area contributed by atoms with Gasteiger partial charge in [0.05, 0.1) is 14.9 Å². The quantitative estimate of drug-likeness (QED) is 0.545. The van der Waals surface area contributed by atoms with Crippen LogP contribution >= 0.6 is 11.8 Å². The molecule has 0 spiro atoms. The van der Waals surface area contributed by atoms with Crippen molar-refractivity contribution < 1.29 is 28.9 Å². The summed E-state index contributed by atoms with van der Waals surface area (Å²) < 4.78 is 32.7.